The molecular weight excluding hydrogens is 257 g/mol. The van der Waals surface area contributed by atoms with Crippen LogP contribution in [0, 0.1) is 0 Å². The Labute approximate surface area is 108 Å². The summed E-state index contributed by atoms with van der Waals surface area (Å²) in [6.45, 7) is 0.494. The summed E-state index contributed by atoms with van der Waals surface area (Å²) in [5.74, 6) is 0.879. The van der Waals surface area contributed by atoms with Gasteiger partial charge >= 0.3 is 6.18 Å². The minimum atomic E-state index is -4.36. The highest BCUT2D eigenvalue weighted by Crippen LogP contribution is 2.32. The first-order valence-electron chi connectivity index (χ1n) is 5.74. The van der Waals surface area contributed by atoms with Crippen molar-refractivity contribution in [3.8, 4) is 0 Å². The smallest absolute Gasteiger partial charge is 0.416 e. The van der Waals surface area contributed by atoms with E-state index in [2.05, 4.69) is 10.3 Å². The van der Waals surface area contributed by atoms with Crippen LogP contribution >= 0.6 is 0 Å². The molecule has 6 heteroatoms. The number of nitrogens with zero attached hydrogens (tertiary/aromatic N) is 1. The van der Waals surface area contributed by atoms with Crippen molar-refractivity contribution in [3.05, 3.63) is 53.2 Å². The van der Waals surface area contributed by atoms with Gasteiger partial charge in [-0.15, -0.1) is 0 Å². The van der Waals surface area contributed by atoms with Crippen LogP contribution in [0.4, 0.5) is 13.2 Å². The maximum absolute atomic E-state index is 12.8. The van der Waals surface area contributed by atoms with Crippen LogP contribution < -0.4 is 5.32 Å². The van der Waals surface area contributed by atoms with E-state index in [0.29, 0.717) is 12.3 Å². The molecule has 0 atom stereocenters. The second kappa shape index (κ2) is 5.44. The maximum Gasteiger partial charge on any atom is 0.416 e. The largest absolute Gasteiger partial charge is 0.444 e. The Kier molecular flexibility index (Phi) is 3.90. The highest BCUT2D eigenvalue weighted by Gasteiger charge is 2.33. The average molecular weight is 270 g/mol. The molecule has 1 N–H and O–H groups in total. The molecule has 0 fully saturated rings. The molecule has 0 aliphatic carbocycles. The maximum atomic E-state index is 12.8. The molecule has 2 aromatic rings. The van der Waals surface area contributed by atoms with E-state index >= 15 is 0 Å². The topological polar surface area (TPSA) is 38.1 Å². The lowest BCUT2D eigenvalue weighted by atomic mass is 10.0. The van der Waals surface area contributed by atoms with Gasteiger partial charge in [-0.2, -0.15) is 13.2 Å². The van der Waals surface area contributed by atoms with Crippen LogP contribution in [0.2, 0.25) is 0 Å². The van der Waals surface area contributed by atoms with Crippen molar-refractivity contribution in [2.45, 2.75) is 19.1 Å². The molecule has 0 unspecified atom stereocenters. The van der Waals surface area contributed by atoms with Gasteiger partial charge in [0.2, 0.25) is 0 Å². The third kappa shape index (κ3) is 3.35. The van der Waals surface area contributed by atoms with Crippen LogP contribution in [0.5, 0.6) is 0 Å². The summed E-state index contributed by atoms with van der Waals surface area (Å²) in [5.41, 5.74) is -0.490. The second-order valence-corrected chi connectivity index (χ2v) is 4.08. The number of oxazole rings is 1. The average Bonchev–Trinajstić information content (AvgIpc) is 2.76. The number of alkyl halides is 3. The van der Waals surface area contributed by atoms with Crippen LogP contribution in [0.1, 0.15) is 22.8 Å². The molecule has 2 rings (SSSR count). The molecule has 0 aliphatic rings. The summed E-state index contributed by atoms with van der Waals surface area (Å²) in [6.07, 6.45) is -2.82. The summed E-state index contributed by atoms with van der Waals surface area (Å²) >= 11 is 0. The molecule has 19 heavy (non-hydrogen) atoms. The van der Waals surface area contributed by atoms with E-state index in [-0.39, 0.29) is 17.9 Å². The van der Waals surface area contributed by atoms with Gasteiger partial charge in [-0.3, -0.25) is 0 Å². The van der Waals surface area contributed by atoms with E-state index in [1.54, 1.807) is 13.1 Å². The molecule has 0 bridgehead atoms. The molecule has 0 spiro atoms. The van der Waals surface area contributed by atoms with Gasteiger partial charge in [-0.25, -0.2) is 4.98 Å². The lowest BCUT2D eigenvalue weighted by molar-refractivity contribution is -0.138. The Hall–Kier alpha value is -1.82. The normalized spacial score (nSPS) is 11.8. The SMILES string of the molecule is CNCc1cnc(Cc2ccccc2C(F)(F)F)o1. The van der Waals surface area contributed by atoms with E-state index in [4.69, 9.17) is 4.42 Å². The monoisotopic (exact) mass is 270 g/mol. The zero-order chi connectivity index (χ0) is 13.9. The summed E-state index contributed by atoms with van der Waals surface area (Å²) < 4.78 is 43.8. The van der Waals surface area contributed by atoms with Gasteiger partial charge in [0.15, 0.2) is 5.89 Å². The minimum Gasteiger partial charge on any atom is -0.444 e. The van der Waals surface area contributed by atoms with Gasteiger partial charge in [-0.1, -0.05) is 18.2 Å². The van der Waals surface area contributed by atoms with Crippen LogP contribution in [-0.2, 0) is 19.1 Å². The van der Waals surface area contributed by atoms with Crippen molar-refractivity contribution in [2.24, 2.45) is 0 Å². The third-order valence-electron chi connectivity index (χ3n) is 2.62. The van der Waals surface area contributed by atoms with Crippen molar-refractivity contribution >= 4 is 0 Å². The third-order valence-corrected chi connectivity index (χ3v) is 2.62. The molecule has 1 aromatic carbocycles. The summed E-state index contributed by atoms with van der Waals surface area (Å²) in [6, 6.07) is 5.44. The van der Waals surface area contributed by atoms with Crippen molar-refractivity contribution < 1.29 is 17.6 Å². The van der Waals surface area contributed by atoms with Gasteiger partial charge in [-0.05, 0) is 18.7 Å². The molecule has 102 valence electrons. The Balaban J connectivity index is 2.23. The fraction of sp³-hybridized carbons (Fsp3) is 0.308. The highest BCUT2D eigenvalue weighted by molar-refractivity contribution is 5.31. The predicted molar refractivity (Wildman–Crippen MR) is 63.5 cm³/mol. The van der Waals surface area contributed by atoms with Crippen molar-refractivity contribution in [1.82, 2.24) is 10.3 Å². The van der Waals surface area contributed by atoms with E-state index in [9.17, 15) is 13.2 Å². The number of rotatable bonds is 4. The first kappa shape index (κ1) is 13.6. The molecule has 0 saturated heterocycles. The van der Waals surface area contributed by atoms with Gasteiger partial charge in [0.05, 0.1) is 18.3 Å². The van der Waals surface area contributed by atoms with E-state index in [1.165, 1.54) is 18.3 Å². The van der Waals surface area contributed by atoms with Crippen molar-refractivity contribution in [1.29, 1.82) is 0 Å². The molecule has 0 saturated carbocycles. The van der Waals surface area contributed by atoms with Crippen LogP contribution in [-0.4, -0.2) is 12.0 Å². The Bertz CT molecular complexity index is 549. The molecule has 1 aromatic heterocycles. The van der Waals surface area contributed by atoms with E-state index in [0.717, 1.165) is 6.07 Å². The lowest BCUT2D eigenvalue weighted by Gasteiger charge is -2.11. The van der Waals surface area contributed by atoms with Crippen LogP contribution in [0.3, 0.4) is 0 Å². The first-order chi connectivity index (χ1) is 9.00. The Morgan fingerprint density at radius 2 is 2.00 bits per heavy atom. The summed E-state index contributed by atoms with van der Waals surface area (Å²) in [4.78, 5) is 3.98. The lowest BCUT2D eigenvalue weighted by Crippen LogP contribution is -2.09. The first-order valence-corrected chi connectivity index (χ1v) is 5.74. The van der Waals surface area contributed by atoms with Crippen molar-refractivity contribution in [2.75, 3.05) is 7.05 Å². The summed E-state index contributed by atoms with van der Waals surface area (Å²) in [7, 11) is 1.75. The van der Waals surface area contributed by atoms with E-state index < -0.39 is 11.7 Å². The van der Waals surface area contributed by atoms with Gasteiger partial charge in [0, 0.05) is 6.42 Å². The molecule has 0 radical (unpaired) electrons. The highest BCUT2D eigenvalue weighted by atomic mass is 19.4. The number of hydrogen-bond donors (Lipinski definition) is 1. The zero-order valence-corrected chi connectivity index (χ0v) is 10.3. The zero-order valence-electron chi connectivity index (χ0n) is 10.3. The molecule has 0 amide bonds. The molecule has 3 nitrogen and oxygen atoms in total. The predicted octanol–water partition coefficient (Wildman–Crippen LogP) is 3.00. The van der Waals surface area contributed by atoms with Crippen LogP contribution in [0.15, 0.2) is 34.9 Å². The second-order valence-electron chi connectivity index (χ2n) is 4.08. The van der Waals surface area contributed by atoms with Crippen LogP contribution in [0.25, 0.3) is 0 Å². The number of aromatic nitrogens is 1. The number of nitrogens with one attached hydrogen (secondary N) is 1. The fourth-order valence-electron chi connectivity index (χ4n) is 1.80. The Morgan fingerprint density at radius 1 is 1.26 bits per heavy atom. The minimum absolute atomic E-state index is 0.0272. The number of halogens is 3. The Morgan fingerprint density at radius 3 is 2.68 bits per heavy atom. The fourth-order valence-corrected chi connectivity index (χ4v) is 1.80. The van der Waals surface area contributed by atoms with Gasteiger partial charge in [0.25, 0.3) is 0 Å². The molecule has 1 heterocycles. The molecular formula is C13H13F3N2O. The molecule has 0 aliphatic heterocycles. The van der Waals surface area contributed by atoms with E-state index in [1.807, 2.05) is 0 Å². The number of benzene rings is 1. The standard InChI is InChI=1S/C13H13F3N2O/c1-17-7-10-8-18-12(19-10)6-9-4-2-3-5-11(9)13(14,15)16/h2-5,8,17H,6-7H2,1H3. The summed E-state index contributed by atoms with van der Waals surface area (Å²) in [5, 5.41) is 2.88. The van der Waals surface area contributed by atoms with Gasteiger partial charge in [0.1, 0.15) is 5.76 Å². The number of hydrogen-bond acceptors (Lipinski definition) is 3. The van der Waals surface area contributed by atoms with Crippen molar-refractivity contribution in [3.63, 3.8) is 0 Å². The van der Waals surface area contributed by atoms with Gasteiger partial charge < -0.3 is 9.73 Å². The quantitative estimate of drug-likeness (QED) is 0.928.